The maximum absolute atomic E-state index is 6.13. The number of H-pyrrole nitrogens is 1. The van der Waals surface area contributed by atoms with Crippen molar-refractivity contribution in [1.82, 2.24) is 20.2 Å². The fourth-order valence-electron chi connectivity index (χ4n) is 4.35. The molecule has 0 saturated carbocycles. The smallest absolute Gasteiger partial charge is 0.222 e. The minimum Gasteiger partial charge on any atom is -0.382 e. The monoisotopic (exact) mass is 399 g/mol. The van der Waals surface area contributed by atoms with Gasteiger partial charge in [-0.2, -0.15) is 10.1 Å². The average Bonchev–Trinajstić information content (AvgIpc) is 3.14. The number of fused-ring (bicyclic) bond motifs is 1. The molecule has 0 radical (unpaired) electrons. The number of nitrogens with one attached hydrogen (secondary N) is 1. The predicted molar refractivity (Wildman–Crippen MR) is 121 cm³/mol. The zero-order valence-electron chi connectivity index (χ0n) is 16.8. The molecule has 7 heteroatoms. The number of benzene rings is 2. The van der Waals surface area contributed by atoms with Gasteiger partial charge >= 0.3 is 0 Å². The van der Waals surface area contributed by atoms with Gasteiger partial charge in [-0.15, -0.1) is 0 Å². The molecule has 1 aliphatic heterocycles. The number of aromatic amines is 1. The summed E-state index contributed by atoms with van der Waals surface area (Å²) in [4.78, 5) is 11.5. The van der Waals surface area contributed by atoms with Gasteiger partial charge in [0.05, 0.1) is 11.2 Å². The van der Waals surface area contributed by atoms with E-state index in [9.17, 15) is 0 Å². The molecule has 1 saturated heterocycles. The first-order valence-corrected chi connectivity index (χ1v) is 10.4. The van der Waals surface area contributed by atoms with E-state index in [-0.39, 0.29) is 5.95 Å². The van der Waals surface area contributed by atoms with Crippen LogP contribution in [0.1, 0.15) is 24.8 Å². The number of rotatable bonds is 4. The summed E-state index contributed by atoms with van der Waals surface area (Å²) in [6, 6.07) is 19.0. The number of piperidine rings is 1. The largest absolute Gasteiger partial charge is 0.382 e. The van der Waals surface area contributed by atoms with Crippen LogP contribution in [0.25, 0.3) is 22.2 Å². The Hall–Kier alpha value is -3.61. The van der Waals surface area contributed by atoms with Gasteiger partial charge in [-0.05, 0) is 43.4 Å². The number of hydrogen-bond acceptors (Lipinski definition) is 6. The van der Waals surface area contributed by atoms with Gasteiger partial charge < -0.3 is 16.4 Å². The topological polar surface area (TPSA) is 110 Å². The lowest BCUT2D eigenvalue weighted by atomic mass is 9.95. The standard InChI is InChI=1S/C23H25N7/c24-22-18-10-9-16(13-20(18)28-29-22)19-14-21(27-23(25)26-19)30-11-5-4-8-17(30)12-15-6-2-1-3-7-15/h1-3,6-7,9-10,13-14,17H,4-5,8,11-12H2,(H3,24,28,29)(H2,25,26,27). The summed E-state index contributed by atoms with van der Waals surface area (Å²) in [7, 11) is 0. The van der Waals surface area contributed by atoms with Crippen molar-refractivity contribution < 1.29 is 0 Å². The van der Waals surface area contributed by atoms with Gasteiger partial charge in [-0.25, -0.2) is 4.98 Å². The summed E-state index contributed by atoms with van der Waals surface area (Å²) in [5.41, 5.74) is 16.0. The van der Waals surface area contributed by atoms with Gasteiger partial charge in [0.15, 0.2) is 5.82 Å². The third-order valence-corrected chi connectivity index (χ3v) is 5.85. The third-order valence-electron chi connectivity index (χ3n) is 5.85. The first kappa shape index (κ1) is 18.4. The second-order valence-electron chi connectivity index (χ2n) is 7.87. The van der Waals surface area contributed by atoms with Gasteiger partial charge in [0.1, 0.15) is 5.82 Å². The third kappa shape index (κ3) is 3.54. The van der Waals surface area contributed by atoms with Crippen LogP contribution in [0, 0.1) is 0 Å². The highest BCUT2D eigenvalue weighted by Gasteiger charge is 2.25. The fourth-order valence-corrected chi connectivity index (χ4v) is 4.35. The number of nitrogens with zero attached hydrogens (tertiary/aromatic N) is 4. The molecule has 0 aliphatic carbocycles. The summed E-state index contributed by atoms with van der Waals surface area (Å²) < 4.78 is 0. The maximum Gasteiger partial charge on any atom is 0.222 e. The van der Waals surface area contributed by atoms with Crippen LogP contribution in [0.4, 0.5) is 17.6 Å². The molecule has 1 atom stereocenters. The van der Waals surface area contributed by atoms with Crippen LogP contribution < -0.4 is 16.4 Å². The lowest BCUT2D eigenvalue weighted by molar-refractivity contribution is 0.454. The number of aromatic nitrogens is 4. The average molecular weight is 400 g/mol. The molecular weight excluding hydrogens is 374 g/mol. The van der Waals surface area contributed by atoms with E-state index in [0.717, 1.165) is 53.8 Å². The SMILES string of the molecule is Nc1nc(-c2ccc3c(N)n[nH]c3c2)cc(N2CCCCC2Cc2ccccc2)n1. The zero-order valence-corrected chi connectivity index (χ0v) is 16.8. The minimum absolute atomic E-state index is 0.288. The molecule has 0 bridgehead atoms. The normalized spacial score (nSPS) is 16.8. The lowest BCUT2D eigenvalue weighted by Gasteiger charge is -2.37. The van der Waals surface area contributed by atoms with Crippen LogP contribution in [0.3, 0.4) is 0 Å². The van der Waals surface area contributed by atoms with Crippen molar-refractivity contribution >= 4 is 28.5 Å². The van der Waals surface area contributed by atoms with Crippen LogP contribution in [0.2, 0.25) is 0 Å². The highest BCUT2D eigenvalue weighted by Crippen LogP contribution is 2.30. The van der Waals surface area contributed by atoms with Crippen molar-refractivity contribution in [2.45, 2.75) is 31.7 Å². The molecule has 0 amide bonds. The number of nitrogens with two attached hydrogens (primary N) is 2. The van der Waals surface area contributed by atoms with E-state index in [0.29, 0.717) is 11.9 Å². The van der Waals surface area contributed by atoms with Crippen molar-refractivity contribution in [1.29, 1.82) is 0 Å². The van der Waals surface area contributed by atoms with E-state index in [1.165, 1.54) is 12.0 Å². The Morgan fingerprint density at radius 2 is 1.87 bits per heavy atom. The number of nitrogen functional groups attached to an aromatic ring is 2. The molecule has 1 unspecified atom stereocenters. The molecule has 2 aromatic carbocycles. The van der Waals surface area contributed by atoms with Crippen LogP contribution in [0.15, 0.2) is 54.6 Å². The van der Waals surface area contributed by atoms with Crippen molar-refractivity contribution in [3.8, 4) is 11.3 Å². The molecule has 1 fully saturated rings. The molecule has 5 N–H and O–H groups in total. The van der Waals surface area contributed by atoms with Gasteiger partial charge in [0.2, 0.25) is 5.95 Å². The van der Waals surface area contributed by atoms with Crippen LogP contribution in [-0.2, 0) is 6.42 Å². The Morgan fingerprint density at radius 3 is 2.73 bits per heavy atom. The van der Waals surface area contributed by atoms with E-state index in [1.807, 2.05) is 24.3 Å². The Bertz CT molecular complexity index is 1170. The van der Waals surface area contributed by atoms with E-state index in [2.05, 4.69) is 55.4 Å². The van der Waals surface area contributed by atoms with E-state index < -0.39 is 0 Å². The quantitative estimate of drug-likeness (QED) is 0.482. The Labute approximate surface area is 175 Å². The highest BCUT2D eigenvalue weighted by atomic mass is 15.2. The molecule has 3 heterocycles. The van der Waals surface area contributed by atoms with Gasteiger partial charge in [-0.1, -0.05) is 36.4 Å². The Balaban J connectivity index is 1.49. The molecular formula is C23H25N7. The second-order valence-corrected chi connectivity index (χ2v) is 7.87. The first-order chi connectivity index (χ1) is 14.7. The molecule has 30 heavy (non-hydrogen) atoms. The highest BCUT2D eigenvalue weighted by molar-refractivity contribution is 5.91. The molecule has 0 spiro atoms. The van der Waals surface area contributed by atoms with Gasteiger partial charge in [0, 0.05) is 29.6 Å². The van der Waals surface area contributed by atoms with Crippen LogP contribution in [-0.4, -0.2) is 32.8 Å². The maximum atomic E-state index is 6.13. The summed E-state index contributed by atoms with van der Waals surface area (Å²) >= 11 is 0. The molecule has 4 aromatic rings. The predicted octanol–water partition coefficient (Wildman–Crippen LogP) is 3.79. The van der Waals surface area contributed by atoms with Gasteiger partial charge in [-0.3, -0.25) is 5.10 Å². The van der Waals surface area contributed by atoms with E-state index in [4.69, 9.17) is 11.5 Å². The van der Waals surface area contributed by atoms with Crippen molar-refractivity contribution in [3.05, 3.63) is 60.2 Å². The Kier molecular flexibility index (Phi) is 4.71. The number of anilines is 3. The summed E-state index contributed by atoms with van der Waals surface area (Å²) in [5.74, 6) is 1.68. The van der Waals surface area contributed by atoms with Crippen molar-refractivity contribution in [3.63, 3.8) is 0 Å². The van der Waals surface area contributed by atoms with Crippen LogP contribution >= 0.6 is 0 Å². The molecule has 152 valence electrons. The first-order valence-electron chi connectivity index (χ1n) is 10.4. The van der Waals surface area contributed by atoms with Gasteiger partial charge in [0.25, 0.3) is 0 Å². The minimum atomic E-state index is 0.288. The molecule has 5 rings (SSSR count). The lowest BCUT2D eigenvalue weighted by Crippen LogP contribution is -2.41. The van der Waals surface area contributed by atoms with Crippen molar-refractivity contribution in [2.24, 2.45) is 0 Å². The summed E-state index contributed by atoms with van der Waals surface area (Å²) in [6.07, 6.45) is 4.54. The Morgan fingerprint density at radius 1 is 1.00 bits per heavy atom. The van der Waals surface area contributed by atoms with Crippen LogP contribution in [0.5, 0.6) is 0 Å². The second kappa shape index (κ2) is 7.67. The molecule has 1 aliphatic rings. The number of hydrogen-bond donors (Lipinski definition) is 3. The van der Waals surface area contributed by atoms with E-state index in [1.54, 1.807) is 0 Å². The zero-order chi connectivity index (χ0) is 20.5. The van der Waals surface area contributed by atoms with Crippen molar-refractivity contribution in [2.75, 3.05) is 22.9 Å². The molecule has 2 aromatic heterocycles. The van der Waals surface area contributed by atoms with E-state index >= 15 is 0 Å². The fraction of sp³-hybridized carbons (Fsp3) is 0.261. The molecule has 7 nitrogen and oxygen atoms in total. The summed E-state index contributed by atoms with van der Waals surface area (Å²) in [6.45, 7) is 0.976. The summed E-state index contributed by atoms with van der Waals surface area (Å²) in [5, 5.41) is 7.94.